The summed E-state index contributed by atoms with van der Waals surface area (Å²) in [6.07, 6.45) is 0. The molecule has 1 heterocycles. The fourth-order valence-corrected chi connectivity index (χ4v) is 3.38. The first-order valence-electron chi connectivity index (χ1n) is 7.96. The Balaban J connectivity index is 1.75. The van der Waals surface area contributed by atoms with E-state index in [-0.39, 0.29) is 11.8 Å². The Hall–Kier alpha value is -2.90. The number of hydrogen-bond donors (Lipinski definition) is 2. The highest BCUT2D eigenvalue weighted by atomic mass is 35.5. The van der Waals surface area contributed by atoms with Gasteiger partial charge in [-0.25, -0.2) is 4.98 Å². The molecule has 0 fully saturated rings. The lowest BCUT2D eigenvalue weighted by molar-refractivity contribution is 0.102. The second-order valence-corrected chi connectivity index (χ2v) is 6.96. The molecule has 0 atom stereocenters. The van der Waals surface area contributed by atoms with Gasteiger partial charge in [0.05, 0.1) is 23.5 Å². The van der Waals surface area contributed by atoms with Crippen molar-refractivity contribution in [3.8, 4) is 5.75 Å². The van der Waals surface area contributed by atoms with E-state index in [1.54, 1.807) is 55.5 Å². The number of halogens is 1. The van der Waals surface area contributed by atoms with Crippen LogP contribution in [0.2, 0.25) is 5.02 Å². The summed E-state index contributed by atoms with van der Waals surface area (Å²) < 4.78 is 5.12. The van der Waals surface area contributed by atoms with Crippen molar-refractivity contribution in [1.29, 1.82) is 0 Å². The molecule has 0 saturated carbocycles. The van der Waals surface area contributed by atoms with Gasteiger partial charge in [-0.15, -0.1) is 0 Å². The van der Waals surface area contributed by atoms with Gasteiger partial charge in [0.2, 0.25) is 0 Å². The molecule has 0 bridgehead atoms. The van der Waals surface area contributed by atoms with Crippen molar-refractivity contribution in [2.45, 2.75) is 6.92 Å². The molecule has 3 aromatic rings. The summed E-state index contributed by atoms with van der Waals surface area (Å²) >= 11 is 7.16. The molecule has 138 valence electrons. The first kappa shape index (κ1) is 18.9. The molecule has 0 aliphatic carbocycles. The zero-order valence-electron chi connectivity index (χ0n) is 14.6. The fraction of sp³-hybridized carbons (Fsp3) is 0.105. The number of carbonyl (C=O) groups is 2. The normalized spacial score (nSPS) is 10.3. The highest BCUT2D eigenvalue weighted by Gasteiger charge is 2.18. The Morgan fingerprint density at radius 2 is 1.85 bits per heavy atom. The number of hydrogen-bond acceptors (Lipinski definition) is 5. The lowest BCUT2D eigenvalue weighted by Gasteiger charge is -2.05. The molecule has 0 aliphatic heterocycles. The molecule has 0 unspecified atom stereocenters. The topological polar surface area (TPSA) is 80.3 Å². The molecule has 0 aliphatic rings. The predicted octanol–water partition coefficient (Wildman–Crippen LogP) is 4.62. The van der Waals surface area contributed by atoms with E-state index in [9.17, 15) is 9.59 Å². The van der Waals surface area contributed by atoms with Crippen LogP contribution in [0.15, 0.2) is 48.5 Å². The molecular weight excluding hydrogens is 386 g/mol. The third kappa shape index (κ3) is 4.45. The van der Waals surface area contributed by atoms with Crippen molar-refractivity contribution >= 4 is 45.6 Å². The highest BCUT2D eigenvalue weighted by molar-refractivity contribution is 7.17. The summed E-state index contributed by atoms with van der Waals surface area (Å²) in [6.45, 7) is 1.71. The smallest absolute Gasteiger partial charge is 0.267 e. The lowest BCUT2D eigenvalue weighted by atomic mass is 10.2. The molecule has 6 nitrogen and oxygen atoms in total. The molecule has 0 radical (unpaired) electrons. The summed E-state index contributed by atoms with van der Waals surface area (Å²) in [5, 5.41) is 6.24. The Bertz CT molecular complexity index is 1000. The number of benzene rings is 2. The van der Waals surface area contributed by atoms with Crippen molar-refractivity contribution in [2.75, 3.05) is 17.7 Å². The van der Waals surface area contributed by atoms with Gasteiger partial charge in [0, 0.05) is 5.56 Å². The number of para-hydroxylation sites is 1. The van der Waals surface area contributed by atoms with Gasteiger partial charge in [-0.2, -0.15) is 0 Å². The quantitative estimate of drug-likeness (QED) is 0.653. The van der Waals surface area contributed by atoms with Crippen LogP contribution in [0.1, 0.15) is 25.7 Å². The number of amides is 2. The number of carbonyl (C=O) groups excluding carboxylic acids is 2. The van der Waals surface area contributed by atoms with Crippen molar-refractivity contribution in [2.24, 2.45) is 0 Å². The van der Waals surface area contributed by atoms with Gasteiger partial charge in [-0.05, 0) is 37.3 Å². The lowest BCUT2D eigenvalue weighted by Crippen LogP contribution is -2.12. The van der Waals surface area contributed by atoms with E-state index in [0.717, 1.165) is 11.3 Å². The molecule has 1 aromatic heterocycles. The van der Waals surface area contributed by atoms with Gasteiger partial charge in [0.15, 0.2) is 5.13 Å². The number of thiazole rings is 1. The monoisotopic (exact) mass is 401 g/mol. The number of ether oxygens (including phenoxy) is 1. The molecule has 0 saturated heterocycles. The number of aryl methyl sites for hydroxylation is 1. The maximum atomic E-state index is 12.5. The van der Waals surface area contributed by atoms with Crippen LogP contribution in [0.5, 0.6) is 5.75 Å². The molecular formula is C19H16ClN3O3S. The van der Waals surface area contributed by atoms with Crippen LogP contribution in [-0.2, 0) is 0 Å². The number of nitrogens with one attached hydrogen (secondary N) is 2. The standard InChI is InChI=1S/C19H16ClN3O3S/c1-11-16(18(25)22-15-9-4-3-8-14(15)20)27-19(21-11)23-17(24)12-6-5-7-13(10-12)26-2/h3-10H,1-2H3,(H,22,25)(H,21,23,24). The second-order valence-electron chi connectivity index (χ2n) is 5.55. The molecule has 2 amide bonds. The number of methoxy groups -OCH3 is 1. The number of nitrogens with zero attached hydrogens (tertiary/aromatic N) is 1. The van der Waals surface area contributed by atoms with Crippen molar-refractivity contribution in [3.05, 3.63) is 69.7 Å². The van der Waals surface area contributed by atoms with E-state index in [4.69, 9.17) is 16.3 Å². The van der Waals surface area contributed by atoms with Gasteiger partial charge in [0.1, 0.15) is 10.6 Å². The van der Waals surface area contributed by atoms with Gasteiger partial charge in [-0.3, -0.25) is 14.9 Å². The van der Waals surface area contributed by atoms with Gasteiger partial charge in [-0.1, -0.05) is 41.1 Å². The molecule has 2 N–H and O–H groups in total. The largest absolute Gasteiger partial charge is 0.497 e. The van der Waals surface area contributed by atoms with Crippen LogP contribution in [0.4, 0.5) is 10.8 Å². The Labute approximate surface area is 165 Å². The van der Waals surface area contributed by atoms with E-state index < -0.39 is 0 Å². The van der Waals surface area contributed by atoms with E-state index in [1.165, 1.54) is 7.11 Å². The maximum Gasteiger partial charge on any atom is 0.267 e. The zero-order chi connectivity index (χ0) is 19.4. The van der Waals surface area contributed by atoms with Gasteiger partial charge >= 0.3 is 0 Å². The van der Waals surface area contributed by atoms with Crippen LogP contribution in [0, 0.1) is 6.92 Å². The first-order valence-corrected chi connectivity index (χ1v) is 9.16. The minimum Gasteiger partial charge on any atom is -0.497 e. The first-order chi connectivity index (χ1) is 13.0. The highest BCUT2D eigenvalue weighted by Crippen LogP contribution is 2.26. The Kier molecular flexibility index (Phi) is 5.73. The van der Waals surface area contributed by atoms with Gasteiger partial charge in [0.25, 0.3) is 11.8 Å². The predicted molar refractivity (Wildman–Crippen MR) is 107 cm³/mol. The summed E-state index contributed by atoms with van der Waals surface area (Å²) in [4.78, 5) is 29.6. The van der Waals surface area contributed by atoms with E-state index >= 15 is 0 Å². The maximum absolute atomic E-state index is 12.5. The van der Waals surface area contributed by atoms with Crippen molar-refractivity contribution in [1.82, 2.24) is 4.98 Å². The third-order valence-corrected chi connectivity index (χ3v) is 5.08. The average Bonchev–Trinajstić information content (AvgIpc) is 3.03. The fourth-order valence-electron chi connectivity index (χ4n) is 2.34. The summed E-state index contributed by atoms with van der Waals surface area (Å²) in [7, 11) is 1.53. The third-order valence-electron chi connectivity index (χ3n) is 3.68. The Morgan fingerprint density at radius 1 is 1.07 bits per heavy atom. The van der Waals surface area contributed by atoms with Crippen molar-refractivity contribution in [3.63, 3.8) is 0 Å². The summed E-state index contributed by atoms with van der Waals surface area (Å²) in [5.74, 6) is -0.0848. The Morgan fingerprint density at radius 3 is 2.59 bits per heavy atom. The summed E-state index contributed by atoms with van der Waals surface area (Å²) in [6, 6.07) is 13.7. The van der Waals surface area contributed by atoms with Crippen LogP contribution < -0.4 is 15.4 Å². The SMILES string of the molecule is COc1cccc(C(=O)Nc2nc(C)c(C(=O)Nc3ccccc3Cl)s2)c1. The van der Waals surface area contributed by atoms with Gasteiger partial charge < -0.3 is 10.1 Å². The van der Waals surface area contributed by atoms with Crippen LogP contribution in [0.25, 0.3) is 0 Å². The number of anilines is 2. The van der Waals surface area contributed by atoms with Crippen LogP contribution in [0.3, 0.4) is 0 Å². The molecule has 27 heavy (non-hydrogen) atoms. The second kappa shape index (κ2) is 8.20. The van der Waals surface area contributed by atoms with E-state index in [2.05, 4.69) is 15.6 Å². The average molecular weight is 402 g/mol. The van der Waals surface area contributed by atoms with Crippen molar-refractivity contribution < 1.29 is 14.3 Å². The minimum absolute atomic E-state index is 0.333. The number of rotatable bonds is 5. The van der Waals surface area contributed by atoms with E-state index in [0.29, 0.717) is 37.7 Å². The van der Waals surface area contributed by atoms with Crippen LogP contribution in [-0.4, -0.2) is 23.9 Å². The molecule has 8 heteroatoms. The zero-order valence-corrected chi connectivity index (χ0v) is 16.1. The molecule has 0 spiro atoms. The molecule has 3 rings (SSSR count). The summed E-state index contributed by atoms with van der Waals surface area (Å²) in [5.41, 5.74) is 1.47. The minimum atomic E-state index is -0.333. The van der Waals surface area contributed by atoms with E-state index in [1.807, 2.05) is 0 Å². The molecule has 2 aromatic carbocycles. The van der Waals surface area contributed by atoms with Crippen LogP contribution >= 0.6 is 22.9 Å². The number of aromatic nitrogens is 1.